The molecular weight excluding hydrogens is 272 g/mol. The van der Waals surface area contributed by atoms with Crippen molar-refractivity contribution in [2.75, 3.05) is 6.54 Å². The van der Waals surface area contributed by atoms with Gasteiger partial charge in [-0.25, -0.2) is 0 Å². The van der Waals surface area contributed by atoms with E-state index in [2.05, 4.69) is 0 Å². The van der Waals surface area contributed by atoms with Gasteiger partial charge < -0.3 is 10.0 Å². The summed E-state index contributed by atoms with van der Waals surface area (Å²) in [7, 11) is 0. The molecule has 1 heterocycles. The number of nitrogens with zero attached hydrogens (tertiary/aromatic N) is 2. The molecule has 0 aliphatic heterocycles. The predicted molar refractivity (Wildman–Crippen MR) is 69.5 cm³/mol. The van der Waals surface area contributed by atoms with Gasteiger partial charge in [-0.2, -0.15) is 0 Å². The second kappa shape index (κ2) is 5.79. The number of carboxylic acid groups (broad SMARTS) is 1. The maximum Gasteiger partial charge on any atom is 0.323 e. The minimum Gasteiger partial charge on any atom is -0.480 e. The molecule has 1 N–H and O–H groups in total. The minimum atomic E-state index is -1.12. The molecule has 0 saturated heterocycles. The summed E-state index contributed by atoms with van der Waals surface area (Å²) in [6, 6.07) is 0.893. The van der Waals surface area contributed by atoms with E-state index in [0.717, 1.165) is 16.2 Å². The first kappa shape index (κ1) is 15.1. The summed E-state index contributed by atoms with van der Waals surface area (Å²) < 4.78 is 0. The number of carbonyl (C=O) groups excluding carboxylic acids is 1. The molecule has 0 aromatic carbocycles. The fourth-order valence-electron chi connectivity index (χ4n) is 1.54. The Bertz CT molecular complexity index is 523. The highest BCUT2D eigenvalue weighted by Crippen LogP contribution is 2.29. The first-order valence-electron chi connectivity index (χ1n) is 5.51. The Morgan fingerprint density at radius 1 is 1.53 bits per heavy atom. The summed E-state index contributed by atoms with van der Waals surface area (Å²) in [5.74, 6) is -1.62. The van der Waals surface area contributed by atoms with Crippen LogP contribution in [0.2, 0.25) is 0 Å². The van der Waals surface area contributed by atoms with Gasteiger partial charge in [0.05, 0.1) is 14.7 Å². The Morgan fingerprint density at radius 2 is 2.11 bits per heavy atom. The predicted octanol–water partition coefficient (Wildman–Crippen LogP) is 1.90. The van der Waals surface area contributed by atoms with Gasteiger partial charge in [0, 0.05) is 12.1 Å². The molecule has 0 saturated carbocycles. The Kier molecular flexibility index (Phi) is 4.60. The van der Waals surface area contributed by atoms with Crippen molar-refractivity contribution in [3.63, 3.8) is 0 Å². The second-order valence-corrected chi connectivity index (χ2v) is 5.49. The smallest absolute Gasteiger partial charge is 0.323 e. The largest absolute Gasteiger partial charge is 0.480 e. The number of aliphatic carboxylic acids is 1. The first-order valence-corrected chi connectivity index (χ1v) is 6.33. The molecule has 1 rings (SSSR count). The Hall–Kier alpha value is -1.96. The van der Waals surface area contributed by atoms with Crippen LogP contribution in [-0.2, 0) is 4.79 Å². The molecule has 0 fully saturated rings. The van der Waals surface area contributed by atoms with Gasteiger partial charge >= 0.3 is 5.97 Å². The third-order valence-electron chi connectivity index (χ3n) is 2.49. The molecule has 104 valence electrons. The highest BCUT2D eigenvalue weighted by atomic mass is 32.1. The molecule has 0 unspecified atom stereocenters. The Balaban J connectivity index is 3.06. The van der Waals surface area contributed by atoms with Gasteiger partial charge in [0.2, 0.25) is 0 Å². The average molecular weight is 286 g/mol. The van der Waals surface area contributed by atoms with Crippen LogP contribution < -0.4 is 0 Å². The molecule has 0 bridgehead atoms. The van der Waals surface area contributed by atoms with E-state index in [4.69, 9.17) is 5.11 Å². The highest BCUT2D eigenvalue weighted by Gasteiger charge is 2.26. The Labute approximate surface area is 113 Å². The highest BCUT2D eigenvalue weighted by molar-refractivity contribution is 7.14. The second-order valence-electron chi connectivity index (χ2n) is 4.23. The summed E-state index contributed by atoms with van der Waals surface area (Å²) in [4.78, 5) is 34.8. The van der Waals surface area contributed by atoms with E-state index in [1.807, 2.05) is 0 Å². The van der Waals surface area contributed by atoms with Gasteiger partial charge in [0.1, 0.15) is 6.54 Å². The monoisotopic (exact) mass is 286 g/mol. The van der Waals surface area contributed by atoms with Crippen molar-refractivity contribution in [3.8, 4) is 0 Å². The number of hydrogen-bond acceptors (Lipinski definition) is 5. The summed E-state index contributed by atoms with van der Waals surface area (Å²) in [6.07, 6.45) is 0. The molecule has 8 heteroatoms. The molecule has 0 aliphatic carbocycles. The fourth-order valence-corrected chi connectivity index (χ4v) is 2.48. The molecule has 0 atom stereocenters. The van der Waals surface area contributed by atoms with Crippen LogP contribution in [0, 0.1) is 17.0 Å². The summed E-state index contributed by atoms with van der Waals surface area (Å²) >= 11 is 0.998. The summed E-state index contributed by atoms with van der Waals surface area (Å²) in [6.45, 7) is 4.50. The van der Waals surface area contributed by atoms with Crippen LogP contribution >= 0.6 is 11.3 Å². The van der Waals surface area contributed by atoms with E-state index in [1.165, 1.54) is 6.07 Å². The normalized spacial score (nSPS) is 10.5. The molecule has 19 heavy (non-hydrogen) atoms. The molecule has 0 radical (unpaired) electrons. The number of aryl methyl sites for hydroxylation is 1. The van der Waals surface area contributed by atoms with E-state index < -0.39 is 23.3 Å². The fraction of sp³-hybridized carbons (Fsp3) is 0.455. The lowest BCUT2D eigenvalue weighted by molar-refractivity contribution is -0.385. The van der Waals surface area contributed by atoms with Gasteiger partial charge in [-0.3, -0.25) is 19.7 Å². The molecule has 1 aromatic heterocycles. The molecular formula is C11H14N2O5S. The maximum absolute atomic E-state index is 12.2. The molecule has 1 aromatic rings. The number of hydrogen-bond donors (Lipinski definition) is 1. The van der Waals surface area contributed by atoms with Gasteiger partial charge in [-0.05, 0) is 20.8 Å². The topological polar surface area (TPSA) is 101 Å². The van der Waals surface area contributed by atoms with Crippen molar-refractivity contribution in [1.29, 1.82) is 0 Å². The number of amides is 1. The van der Waals surface area contributed by atoms with Crippen LogP contribution in [0.5, 0.6) is 0 Å². The minimum absolute atomic E-state index is 0.118. The number of rotatable bonds is 5. The average Bonchev–Trinajstić information content (AvgIpc) is 2.66. The third kappa shape index (κ3) is 3.50. The van der Waals surface area contributed by atoms with Crippen LogP contribution in [0.15, 0.2) is 6.07 Å². The van der Waals surface area contributed by atoms with Crippen LogP contribution in [0.3, 0.4) is 0 Å². The number of carbonyl (C=O) groups is 2. The van der Waals surface area contributed by atoms with Crippen molar-refractivity contribution in [1.82, 2.24) is 4.90 Å². The van der Waals surface area contributed by atoms with E-state index in [9.17, 15) is 19.7 Å². The van der Waals surface area contributed by atoms with Crippen molar-refractivity contribution in [2.24, 2.45) is 0 Å². The van der Waals surface area contributed by atoms with Gasteiger partial charge in [-0.1, -0.05) is 0 Å². The van der Waals surface area contributed by atoms with E-state index in [1.54, 1.807) is 20.8 Å². The maximum atomic E-state index is 12.2. The molecule has 7 nitrogen and oxygen atoms in total. The number of nitro groups is 1. The zero-order valence-electron chi connectivity index (χ0n) is 10.7. The third-order valence-corrected chi connectivity index (χ3v) is 3.52. The first-order chi connectivity index (χ1) is 8.73. The van der Waals surface area contributed by atoms with Crippen LogP contribution in [0.1, 0.15) is 28.4 Å². The zero-order valence-corrected chi connectivity index (χ0v) is 11.6. The van der Waals surface area contributed by atoms with Crippen molar-refractivity contribution in [3.05, 3.63) is 25.9 Å². The SMILES string of the molecule is Cc1sc(C(=O)N(CC(=O)O)C(C)C)cc1[N+](=O)[O-]. The van der Waals surface area contributed by atoms with Gasteiger partial charge in [0.25, 0.3) is 11.6 Å². The standard InChI is InChI=1S/C11H14N2O5S/c1-6(2)12(5-10(14)15)11(16)9-4-8(13(17)18)7(3)19-9/h4,6H,5H2,1-3H3,(H,14,15). The van der Waals surface area contributed by atoms with Crippen molar-refractivity contribution >= 4 is 28.9 Å². The van der Waals surface area contributed by atoms with Crippen LogP contribution in [-0.4, -0.2) is 39.4 Å². The van der Waals surface area contributed by atoms with Crippen molar-refractivity contribution < 1.29 is 19.6 Å². The Morgan fingerprint density at radius 3 is 2.47 bits per heavy atom. The quantitative estimate of drug-likeness (QED) is 0.658. The van der Waals surface area contributed by atoms with E-state index in [-0.39, 0.29) is 16.6 Å². The molecule has 0 spiro atoms. The lowest BCUT2D eigenvalue weighted by atomic mass is 10.2. The summed E-state index contributed by atoms with van der Waals surface area (Å²) in [5.41, 5.74) is -0.118. The molecule has 1 amide bonds. The van der Waals surface area contributed by atoms with Gasteiger partial charge in [-0.15, -0.1) is 11.3 Å². The lowest BCUT2D eigenvalue weighted by Crippen LogP contribution is -2.40. The zero-order chi connectivity index (χ0) is 14.7. The number of carboxylic acids is 1. The van der Waals surface area contributed by atoms with Crippen molar-refractivity contribution in [2.45, 2.75) is 26.8 Å². The van der Waals surface area contributed by atoms with E-state index >= 15 is 0 Å². The van der Waals surface area contributed by atoms with Crippen LogP contribution in [0.4, 0.5) is 5.69 Å². The van der Waals surface area contributed by atoms with E-state index in [0.29, 0.717) is 4.88 Å². The lowest BCUT2D eigenvalue weighted by Gasteiger charge is -2.24. The molecule has 0 aliphatic rings. The number of thiophene rings is 1. The van der Waals surface area contributed by atoms with Gasteiger partial charge in [0.15, 0.2) is 0 Å². The summed E-state index contributed by atoms with van der Waals surface area (Å²) in [5, 5.41) is 19.5. The van der Waals surface area contributed by atoms with Crippen LogP contribution in [0.25, 0.3) is 0 Å².